The highest BCUT2D eigenvalue weighted by Crippen LogP contribution is 2.36. The zero-order chi connectivity index (χ0) is 16.5. The van der Waals surface area contributed by atoms with E-state index >= 15 is 0 Å². The van der Waals surface area contributed by atoms with E-state index in [0.717, 1.165) is 24.3 Å². The smallest absolute Gasteiger partial charge is 0.406 e. The molecule has 22 heavy (non-hydrogen) atoms. The molecule has 0 fully saturated rings. The van der Waals surface area contributed by atoms with Gasteiger partial charge in [0, 0.05) is 3.57 Å². The SMILES string of the molecule is FC(F)(F)Oc1cccc(-c2cc(C(F)(F)F)ccc2I)c1. The molecule has 0 aromatic heterocycles. The number of halogens is 7. The zero-order valence-corrected chi connectivity index (χ0v) is 12.8. The summed E-state index contributed by atoms with van der Waals surface area (Å²) in [5, 5.41) is 0. The van der Waals surface area contributed by atoms with Gasteiger partial charge < -0.3 is 4.74 Å². The molecule has 0 amide bonds. The lowest BCUT2D eigenvalue weighted by Gasteiger charge is -2.13. The molecule has 2 aromatic rings. The van der Waals surface area contributed by atoms with Gasteiger partial charge in [0.15, 0.2) is 0 Å². The van der Waals surface area contributed by atoms with Crippen LogP contribution in [0, 0.1) is 3.57 Å². The second kappa shape index (κ2) is 5.98. The van der Waals surface area contributed by atoms with Crippen molar-refractivity contribution in [2.24, 2.45) is 0 Å². The minimum Gasteiger partial charge on any atom is -0.406 e. The van der Waals surface area contributed by atoms with Crippen LogP contribution < -0.4 is 4.74 Å². The molecular formula is C14H7F6IO. The molecule has 0 bridgehead atoms. The molecule has 2 rings (SSSR count). The maximum absolute atomic E-state index is 12.7. The Hall–Kier alpha value is -1.45. The maximum Gasteiger partial charge on any atom is 0.573 e. The highest BCUT2D eigenvalue weighted by Gasteiger charge is 2.32. The summed E-state index contributed by atoms with van der Waals surface area (Å²) in [4.78, 5) is 0. The van der Waals surface area contributed by atoms with E-state index in [-0.39, 0.29) is 11.1 Å². The van der Waals surface area contributed by atoms with Gasteiger partial charge in [-0.25, -0.2) is 0 Å². The first-order valence-corrected chi connectivity index (χ1v) is 6.87. The van der Waals surface area contributed by atoms with Crippen molar-refractivity contribution in [3.05, 3.63) is 51.6 Å². The van der Waals surface area contributed by atoms with E-state index in [1.807, 2.05) is 22.6 Å². The van der Waals surface area contributed by atoms with E-state index < -0.39 is 23.9 Å². The van der Waals surface area contributed by atoms with Gasteiger partial charge in [-0.2, -0.15) is 13.2 Å². The van der Waals surface area contributed by atoms with Crippen LogP contribution in [0.5, 0.6) is 5.75 Å². The zero-order valence-electron chi connectivity index (χ0n) is 10.6. The number of benzene rings is 2. The number of hydrogen-bond acceptors (Lipinski definition) is 1. The van der Waals surface area contributed by atoms with E-state index in [0.29, 0.717) is 3.57 Å². The first kappa shape index (κ1) is 16.9. The molecule has 0 aliphatic carbocycles. The minimum absolute atomic E-state index is 0.183. The molecule has 0 N–H and O–H groups in total. The van der Waals surface area contributed by atoms with Gasteiger partial charge in [0.25, 0.3) is 0 Å². The third-order valence-corrected chi connectivity index (χ3v) is 3.61. The van der Waals surface area contributed by atoms with Crippen molar-refractivity contribution in [1.82, 2.24) is 0 Å². The summed E-state index contributed by atoms with van der Waals surface area (Å²) in [5.41, 5.74) is -0.481. The van der Waals surface area contributed by atoms with Gasteiger partial charge in [0.2, 0.25) is 0 Å². The van der Waals surface area contributed by atoms with Crippen molar-refractivity contribution in [3.63, 3.8) is 0 Å². The average Bonchev–Trinajstić information content (AvgIpc) is 2.36. The Morgan fingerprint density at radius 1 is 0.864 bits per heavy atom. The molecule has 0 saturated heterocycles. The molecule has 0 aliphatic heterocycles. The summed E-state index contributed by atoms with van der Waals surface area (Å²) in [6, 6.07) is 7.90. The van der Waals surface area contributed by atoms with Crippen molar-refractivity contribution in [3.8, 4) is 16.9 Å². The Morgan fingerprint density at radius 3 is 2.14 bits per heavy atom. The highest BCUT2D eigenvalue weighted by molar-refractivity contribution is 14.1. The van der Waals surface area contributed by atoms with Gasteiger partial charge in [-0.1, -0.05) is 12.1 Å². The second-order valence-corrected chi connectivity index (χ2v) is 5.43. The Morgan fingerprint density at radius 2 is 1.55 bits per heavy atom. The van der Waals surface area contributed by atoms with Crippen molar-refractivity contribution in [2.45, 2.75) is 12.5 Å². The molecule has 118 valence electrons. The summed E-state index contributed by atoms with van der Waals surface area (Å²) in [6.45, 7) is 0. The summed E-state index contributed by atoms with van der Waals surface area (Å²) in [6.07, 6.45) is -9.39. The van der Waals surface area contributed by atoms with Crippen LogP contribution in [-0.4, -0.2) is 6.36 Å². The standard InChI is InChI=1S/C14H7F6IO/c15-13(16,17)9-4-5-12(21)11(7-9)8-2-1-3-10(6-8)22-14(18,19)20/h1-7H. The van der Waals surface area contributed by atoms with Crippen LogP contribution in [0.3, 0.4) is 0 Å². The van der Waals surface area contributed by atoms with Gasteiger partial charge >= 0.3 is 12.5 Å². The van der Waals surface area contributed by atoms with Gasteiger partial charge in [0.1, 0.15) is 5.75 Å². The van der Waals surface area contributed by atoms with E-state index in [1.165, 1.54) is 18.2 Å². The Bertz CT molecular complexity index is 678. The quantitative estimate of drug-likeness (QED) is 0.426. The molecule has 8 heteroatoms. The fourth-order valence-corrected chi connectivity index (χ4v) is 2.43. The van der Waals surface area contributed by atoms with Crippen LogP contribution in [0.4, 0.5) is 26.3 Å². The Balaban J connectivity index is 2.46. The lowest BCUT2D eigenvalue weighted by molar-refractivity contribution is -0.274. The monoisotopic (exact) mass is 432 g/mol. The highest BCUT2D eigenvalue weighted by atomic mass is 127. The van der Waals surface area contributed by atoms with Crippen LogP contribution in [0.25, 0.3) is 11.1 Å². The predicted octanol–water partition coefficient (Wildman–Crippen LogP) is 5.88. The fourth-order valence-electron chi connectivity index (χ4n) is 1.78. The molecule has 0 saturated carbocycles. The molecule has 0 atom stereocenters. The normalized spacial score (nSPS) is 12.3. The molecule has 2 aromatic carbocycles. The molecular weight excluding hydrogens is 425 g/mol. The number of hydrogen-bond donors (Lipinski definition) is 0. The molecule has 0 unspecified atom stereocenters. The van der Waals surface area contributed by atoms with Gasteiger partial charge in [0.05, 0.1) is 5.56 Å². The van der Waals surface area contributed by atoms with Crippen LogP contribution in [-0.2, 0) is 6.18 Å². The van der Waals surface area contributed by atoms with E-state index in [9.17, 15) is 26.3 Å². The van der Waals surface area contributed by atoms with Crippen LogP contribution in [0.2, 0.25) is 0 Å². The predicted molar refractivity (Wildman–Crippen MR) is 76.3 cm³/mol. The lowest BCUT2D eigenvalue weighted by Crippen LogP contribution is -2.17. The lowest BCUT2D eigenvalue weighted by atomic mass is 10.0. The third kappa shape index (κ3) is 4.28. The van der Waals surface area contributed by atoms with Crippen LogP contribution in [0.1, 0.15) is 5.56 Å². The first-order valence-electron chi connectivity index (χ1n) is 5.79. The molecule has 0 spiro atoms. The average molecular weight is 432 g/mol. The summed E-state index contributed by atoms with van der Waals surface area (Å²) in [5.74, 6) is -0.488. The van der Waals surface area contributed by atoms with Crippen LogP contribution in [0.15, 0.2) is 42.5 Å². The van der Waals surface area contributed by atoms with Gasteiger partial charge in [-0.05, 0) is 64.0 Å². The summed E-state index contributed by atoms with van der Waals surface area (Å²) < 4.78 is 79.1. The van der Waals surface area contributed by atoms with Crippen molar-refractivity contribution < 1.29 is 31.1 Å². The Labute approximate surface area is 135 Å². The van der Waals surface area contributed by atoms with Gasteiger partial charge in [-0.15, -0.1) is 13.2 Å². The van der Waals surface area contributed by atoms with Crippen molar-refractivity contribution >= 4 is 22.6 Å². The van der Waals surface area contributed by atoms with E-state index in [4.69, 9.17) is 0 Å². The third-order valence-electron chi connectivity index (χ3n) is 2.67. The summed E-state index contributed by atoms with van der Waals surface area (Å²) >= 11 is 1.82. The van der Waals surface area contributed by atoms with Crippen molar-refractivity contribution in [2.75, 3.05) is 0 Å². The largest absolute Gasteiger partial charge is 0.573 e. The second-order valence-electron chi connectivity index (χ2n) is 4.27. The maximum atomic E-state index is 12.7. The van der Waals surface area contributed by atoms with Gasteiger partial charge in [-0.3, -0.25) is 0 Å². The number of rotatable bonds is 2. The minimum atomic E-state index is -4.86. The Kier molecular flexibility index (Phi) is 4.59. The van der Waals surface area contributed by atoms with E-state index in [1.54, 1.807) is 0 Å². The van der Waals surface area contributed by atoms with Crippen molar-refractivity contribution in [1.29, 1.82) is 0 Å². The number of alkyl halides is 6. The topological polar surface area (TPSA) is 9.23 Å². The summed E-state index contributed by atoms with van der Waals surface area (Å²) in [7, 11) is 0. The molecule has 0 aliphatic rings. The number of ether oxygens (including phenoxy) is 1. The van der Waals surface area contributed by atoms with E-state index in [2.05, 4.69) is 4.74 Å². The first-order chi connectivity index (χ1) is 10.1. The fraction of sp³-hybridized carbons (Fsp3) is 0.143. The molecule has 0 radical (unpaired) electrons. The van der Waals surface area contributed by atoms with Crippen LogP contribution >= 0.6 is 22.6 Å². The molecule has 1 nitrogen and oxygen atoms in total. The molecule has 0 heterocycles.